The Labute approximate surface area is 161 Å². The van der Waals surface area contributed by atoms with E-state index in [1.165, 1.54) is 42.6 Å². The summed E-state index contributed by atoms with van der Waals surface area (Å²) in [7, 11) is -3.32. The van der Waals surface area contributed by atoms with Gasteiger partial charge in [-0.25, -0.2) is 12.8 Å². The second-order valence-corrected chi connectivity index (χ2v) is 8.05. The maximum absolute atomic E-state index is 14.2. The summed E-state index contributed by atoms with van der Waals surface area (Å²) in [6.07, 6.45) is 4.16. The van der Waals surface area contributed by atoms with E-state index in [0.29, 0.717) is 16.9 Å². The Morgan fingerprint density at radius 3 is 2.50 bits per heavy atom. The van der Waals surface area contributed by atoms with Crippen LogP contribution in [-0.4, -0.2) is 25.6 Å². The van der Waals surface area contributed by atoms with Crippen LogP contribution in [0.25, 0.3) is 0 Å². The first-order chi connectivity index (χ1) is 13.3. The fourth-order valence-electron chi connectivity index (χ4n) is 2.41. The molecule has 0 radical (unpaired) electrons. The molecule has 0 atom stereocenters. The highest BCUT2D eigenvalue weighted by Gasteiger charge is 2.11. The molecule has 2 aromatic carbocycles. The van der Waals surface area contributed by atoms with Crippen molar-refractivity contribution in [2.45, 2.75) is 11.4 Å². The van der Waals surface area contributed by atoms with Gasteiger partial charge in [0.25, 0.3) is 5.91 Å². The Bertz CT molecular complexity index is 1080. The van der Waals surface area contributed by atoms with Gasteiger partial charge in [-0.2, -0.15) is 0 Å². The minimum atomic E-state index is -3.32. The van der Waals surface area contributed by atoms with E-state index in [1.807, 2.05) is 0 Å². The van der Waals surface area contributed by atoms with E-state index in [4.69, 9.17) is 4.74 Å². The molecule has 1 amide bonds. The summed E-state index contributed by atoms with van der Waals surface area (Å²) >= 11 is 0. The number of nitrogens with one attached hydrogen (secondary N) is 1. The molecule has 1 heterocycles. The Hall–Kier alpha value is -3.26. The minimum Gasteiger partial charge on any atom is -0.453 e. The zero-order valence-corrected chi connectivity index (χ0v) is 15.7. The quantitative estimate of drug-likeness (QED) is 0.686. The molecule has 8 heteroatoms. The van der Waals surface area contributed by atoms with E-state index < -0.39 is 21.6 Å². The summed E-state index contributed by atoms with van der Waals surface area (Å²) < 4.78 is 42.5. The SMILES string of the molecule is CS(=O)(=O)c1ccc(C(=O)NCc2ccc(Oc3cccnc3)c(F)c2)cc1. The molecule has 28 heavy (non-hydrogen) atoms. The number of aromatic nitrogens is 1. The van der Waals surface area contributed by atoms with Crippen molar-refractivity contribution in [3.05, 3.63) is 83.9 Å². The Morgan fingerprint density at radius 2 is 1.89 bits per heavy atom. The zero-order chi connectivity index (χ0) is 20.1. The number of hydrogen-bond donors (Lipinski definition) is 1. The summed E-state index contributed by atoms with van der Waals surface area (Å²) in [5.41, 5.74) is 0.863. The number of ether oxygens (including phenoxy) is 1. The molecule has 0 saturated carbocycles. The highest BCUT2D eigenvalue weighted by Crippen LogP contribution is 2.24. The van der Waals surface area contributed by atoms with Crippen LogP contribution in [0.2, 0.25) is 0 Å². The third-order valence-corrected chi connectivity index (χ3v) is 4.98. The van der Waals surface area contributed by atoms with E-state index in [1.54, 1.807) is 24.4 Å². The van der Waals surface area contributed by atoms with Gasteiger partial charge in [0.1, 0.15) is 5.75 Å². The fourth-order valence-corrected chi connectivity index (χ4v) is 3.04. The number of benzene rings is 2. The summed E-state index contributed by atoms with van der Waals surface area (Å²) in [5.74, 6) is -0.483. The maximum atomic E-state index is 14.2. The summed E-state index contributed by atoms with van der Waals surface area (Å²) in [6, 6.07) is 13.3. The van der Waals surface area contributed by atoms with Gasteiger partial charge in [0.15, 0.2) is 21.4 Å². The van der Waals surface area contributed by atoms with Crippen LogP contribution < -0.4 is 10.1 Å². The predicted octanol–water partition coefficient (Wildman–Crippen LogP) is 3.35. The molecule has 0 aliphatic rings. The average Bonchev–Trinajstić information content (AvgIpc) is 2.68. The molecule has 144 valence electrons. The third-order valence-electron chi connectivity index (χ3n) is 3.86. The average molecular weight is 400 g/mol. The molecule has 0 saturated heterocycles. The van der Waals surface area contributed by atoms with Gasteiger partial charge in [0, 0.05) is 24.6 Å². The lowest BCUT2D eigenvalue weighted by atomic mass is 10.2. The van der Waals surface area contributed by atoms with Crippen LogP contribution in [0, 0.1) is 5.82 Å². The summed E-state index contributed by atoms with van der Waals surface area (Å²) in [4.78, 5) is 16.2. The van der Waals surface area contributed by atoms with Crippen LogP contribution in [0.5, 0.6) is 11.5 Å². The smallest absolute Gasteiger partial charge is 0.251 e. The minimum absolute atomic E-state index is 0.0550. The number of hydrogen-bond acceptors (Lipinski definition) is 5. The van der Waals surface area contributed by atoms with E-state index in [-0.39, 0.29) is 17.2 Å². The molecule has 0 aliphatic heterocycles. The van der Waals surface area contributed by atoms with Crippen LogP contribution in [0.4, 0.5) is 4.39 Å². The zero-order valence-electron chi connectivity index (χ0n) is 14.9. The van der Waals surface area contributed by atoms with Crippen molar-refractivity contribution in [3.63, 3.8) is 0 Å². The predicted molar refractivity (Wildman–Crippen MR) is 101 cm³/mol. The lowest BCUT2D eigenvalue weighted by molar-refractivity contribution is 0.0950. The lowest BCUT2D eigenvalue weighted by Crippen LogP contribution is -2.22. The van der Waals surface area contributed by atoms with Gasteiger partial charge in [-0.3, -0.25) is 9.78 Å². The first-order valence-electron chi connectivity index (χ1n) is 8.27. The molecule has 1 N–H and O–H groups in total. The molecule has 0 fully saturated rings. The van der Waals surface area contributed by atoms with Gasteiger partial charge in [-0.1, -0.05) is 6.07 Å². The number of rotatable bonds is 6. The molecule has 0 bridgehead atoms. The first kappa shape index (κ1) is 19.5. The van der Waals surface area contributed by atoms with Crippen LogP contribution in [0.1, 0.15) is 15.9 Å². The van der Waals surface area contributed by atoms with E-state index in [2.05, 4.69) is 10.3 Å². The van der Waals surface area contributed by atoms with Crippen molar-refractivity contribution in [1.82, 2.24) is 10.3 Å². The maximum Gasteiger partial charge on any atom is 0.251 e. The Kier molecular flexibility index (Phi) is 5.70. The van der Waals surface area contributed by atoms with Crippen molar-refractivity contribution < 1.29 is 22.3 Å². The molecule has 3 aromatic rings. The number of sulfone groups is 1. The van der Waals surface area contributed by atoms with Crippen LogP contribution >= 0.6 is 0 Å². The number of pyridine rings is 1. The van der Waals surface area contributed by atoms with Gasteiger partial charge in [0.2, 0.25) is 0 Å². The van der Waals surface area contributed by atoms with E-state index in [0.717, 1.165) is 6.26 Å². The van der Waals surface area contributed by atoms with Crippen LogP contribution in [0.3, 0.4) is 0 Å². The van der Waals surface area contributed by atoms with Crippen LogP contribution in [0.15, 0.2) is 71.9 Å². The molecular weight excluding hydrogens is 383 g/mol. The number of carbonyl (C=O) groups excluding carboxylic acids is 1. The second kappa shape index (κ2) is 8.18. The second-order valence-electron chi connectivity index (χ2n) is 6.03. The molecule has 0 unspecified atom stereocenters. The molecule has 1 aromatic heterocycles. The Morgan fingerprint density at radius 1 is 1.14 bits per heavy atom. The number of carbonyl (C=O) groups is 1. The standard InChI is InChI=1S/C20H17FN2O4S/c1-28(25,26)17-7-5-15(6-8-17)20(24)23-12-14-4-9-19(18(21)11-14)27-16-3-2-10-22-13-16/h2-11,13H,12H2,1H3,(H,23,24). The van der Waals surface area contributed by atoms with Crippen LogP contribution in [-0.2, 0) is 16.4 Å². The van der Waals surface area contributed by atoms with Gasteiger partial charge >= 0.3 is 0 Å². The number of amides is 1. The highest BCUT2D eigenvalue weighted by molar-refractivity contribution is 7.90. The Balaban J connectivity index is 1.62. The molecule has 6 nitrogen and oxygen atoms in total. The van der Waals surface area contributed by atoms with E-state index in [9.17, 15) is 17.6 Å². The summed E-state index contributed by atoms with van der Waals surface area (Å²) in [5, 5.41) is 2.66. The van der Waals surface area contributed by atoms with Gasteiger partial charge in [0.05, 0.1) is 11.1 Å². The molecular formula is C20H17FN2O4S. The molecule has 3 rings (SSSR count). The molecule has 0 spiro atoms. The first-order valence-corrected chi connectivity index (χ1v) is 10.2. The van der Waals surface area contributed by atoms with Gasteiger partial charge in [-0.15, -0.1) is 0 Å². The summed E-state index contributed by atoms with van der Waals surface area (Å²) in [6.45, 7) is 0.108. The van der Waals surface area contributed by atoms with Crippen molar-refractivity contribution in [3.8, 4) is 11.5 Å². The normalized spacial score (nSPS) is 11.1. The number of nitrogens with zero attached hydrogens (tertiary/aromatic N) is 1. The largest absolute Gasteiger partial charge is 0.453 e. The fraction of sp³-hybridized carbons (Fsp3) is 0.100. The lowest BCUT2D eigenvalue weighted by Gasteiger charge is -2.09. The van der Waals surface area contributed by atoms with E-state index >= 15 is 0 Å². The van der Waals surface area contributed by atoms with Crippen molar-refractivity contribution >= 4 is 15.7 Å². The molecule has 0 aliphatic carbocycles. The van der Waals surface area contributed by atoms with Gasteiger partial charge in [-0.05, 0) is 54.1 Å². The van der Waals surface area contributed by atoms with Crippen molar-refractivity contribution in [1.29, 1.82) is 0 Å². The number of halogens is 1. The topological polar surface area (TPSA) is 85.4 Å². The highest BCUT2D eigenvalue weighted by atomic mass is 32.2. The van der Waals surface area contributed by atoms with Gasteiger partial charge < -0.3 is 10.1 Å². The van der Waals surface area contributed by atoms with Crippen molar-refractivity contribution in [2.24, 2.45) is 0 Å². The van der Waals surface area contributed by atoms with Crippen molar-refractivity contribution in [2.75, 3.05) is 6.26 Å². The third kappa shape index (κ3) is 4.92. The monoisotopic (exact) mass is 400 g/mol.